The van der Waals surface area contributed by atoms with E-state index in [1.54, 1.807) is 31.3 Å². The minimum absolute atomic E-state index is 0.0640. The van der Waals surface area contributed by atoms with Gasteiger partial charge in [-0.05, 0) is 37.1 Å². The maximum atomic E-state index is 12.2. The molecule has 1 aliphatic rings. The molecule has 3 rings (SSSR count). The topological polar surface area (TPSA) is 94.6 Å². The van der Waals surface area contributed by atoms with Crippen LogP contribution in [0.5, 0.6) is 5.88 Å². The summed E-state index contributed by atoms with van der Waals surface area (Å²) in [7, 11) is 1.57. The lowest BCUT2D eigenvalue weighted by Gasteiger charge is -2.11. The number of nitrogens with zero attached hydrogens (tertiary/aromatic N) is 2. The highest BCUT2D eigenvalue weighted by atomic mass is 32.1. The van der Waals surface area contributed by atoms with Crippen molar-refractivity contribution < 1.29 is 14.7 Å². The van der Waals surface area contributed by atoms with E-state index in [0.29, 0.717) is 16.1 Å². The second kappa shape index (κ2) is 7.52. The Balaban J connectivity index is 1.61. The van der Waals surface area contributed by atoms with Crippen molar-refractivity contribution in [2.75, 3.05) is 30.4 Å². The van der Waals surface area contributed by atoms with Gasteiger partial charge in [-0.25, -0.2) is 0 Å². The van der Waals surface area contributed by atoms with Crippen LogP contribution in [-0.2, 0) is 11.2 Å². The van der Waals surface area contributed by atoms with Crippen molar-refractivity contribution in [3.05, 3.63) is 34.7 Å². The number of hydrogen-bond donors (Lipinski definition) is 3. The molecule has 0 unspecified atom stereocenters. The number of carbonyl (C=O) groups excluding carboxylic acids is 2. The second-order valence-electron chi connectivity index (χ2n) is 5.82. The maximum absolute atomic E-state index is 12.2. The van der Waals surface area contributed by atoms with Gasteiger partial charge in [0.25, 0.3) is 5.91 Å². The summed E-state index contributed by atoms with van der Waals surface area (Å²) in [5, 5.41) is 16.1. The summed E-state index contributed by atoms with van der Waals surface area (Å²) in [6.07, 6.45) is 2.32. The molecule has 25 heavy (non-hydrogen) atoms. The largest absolute Gasteiger partial charge is 0.492 e. The molecule has 1 aliphatic heterocycles. The number of amides is 2. The molecule has 0 aliphatic carbocycles. The fourth-order valence-corrected chi connectivity index (χ4v) is 3.70. The van der Waals surface area contributed by atoms with Gasteiger partial charge in [0.15, 0.2) is 5.13 Å². The Hall–Kier alpha value is -2.61. The first kappa shape index (κ1) is 17.2. The number of hydrogen-bond acceptors (Lipinski definition) is 6. The van der Waals surface area contributed by atoms with Crippen LogP contribution < -0.4 is 15.5 Å². The summed E-state index contributed by atoms with van der Waals surface area (Å²) < 4.78 is 0. The van der Waals surface area contributed by atoms with Crippen molar-refractivity contribution in [2.24, 2.45) is 0 Å². The van der Waals surface area contributed by atoms with Gasteiger partial charge < -0.3 is 20.6 Å². The Morgan fingerprint density at radius 2 is 1.92 bits per heavy atom. The molecule has 1 aromatic carbocycles. The molecule has 3 N–H and O–H groups in total. The smallest absolute Gasteiger partial charge is 0.251 e. The third-order valence-corrected chi connectivity index (χ3v) is 5.13. The van der Waals surface area contributed by atoms with Crippen LogP contribution in [0.3, 0.4) is 0 Å². The zero-order valence-electron chi connectivity index (χ0n) is 13.9. The van der Waals surface area contributed by atoms with E-state index < -0.39 is 0 Å². The predicted octanol–water partition coefficient (Wildman–Crippen LogP) is 1.99. The van der Waals surface area contributed by atoms with Gasteiger partial charge in [0.05, 0.1) is 11.3 Å². The number of thiazole rings is 1. The van der Waals surface area contributed by atoms with Gasteiger partial charge >= 0.3 is 0 Å². The lowest BCUT2D eigenvalue weighted by molar-refractivity contribution is -0.115. The van der Waals surface area contributed by atoms with E-state index in [9.17, 15) is 14.7 Å². The van der Waals surface area contributed by atoms with Crippen molar-refractivity contribution in [3.8, 4) is 5.88 Å². The monoisotopic (exact) mass is 360 g/mol. The molecule has 2 heterocycles. The number of anilines is 2. The van der Waals surface area contributed by atoms with Crippen LogP contribution in [0.15, 0.2) is 24.3 Å². The highest BCUT2D eigenvalue weighted by Gasteiger charge is 2.20. The summed E-state index contributed by atoms with van der Waals surface area (Å²) in [5.41, 5.74) is 1.12. The molecule has 0 spiro atoms. The van der Waals surface area contributed by atoms with Gasteiger partial charge in [-0.3, -0.25) is 9.59 Å². The van der Waals surface area contributed by atoms with Crippen molar-refractivity contribution in [1.82, 2.24) is 10.3 Å². The summed E-state index contributed by atoms with van der Waals surface area (Å²) in [5.74, 6) is -0.487. The Kier molecular flexibility index (Phi) is 5.18. The predicted molar refractivity (Wildman–Crippen MR) is 97.4 cm³/mol. The molecule has 8 heteroatoms. The van der Waals surface area contributed by atoms with Crippen molar-refractivity contribution in [3.63, 3.8) is 0 Å². The molecular formula is C17H20N4O3S. The average Bonchev–Trinajstić information content (AvgIpc) is 3.25. The fourth-order valence-electron chi connectivity index (χ4n) is 2.69. The van der Waals surface area contributed by atoms with E-state index >= 15 is 0 Å². The normalized spacial score (nSPS) is 13.7. The van der Waals surface area contributed by atoms with Crippen LogP contribution >= 0.6 is 11.3 Å². The number of aromatic nitrogens is 1. The van der Waals surface area contributed by atoms with Gasteiger partial charge in [-0.1, -0.05) is 11.3 Å². The second-order valence-corrected chi connectivity index (χ2v) is 6.88. The zero-order valence-corrected chi connectivity index (χ0v) is 14.7. The Bertz CT molecular complexity index is 767. The fraction of sp³-hybridized carbons (Fsp3) is 0.353. The Morgan fingerprint density at radius 1 is 1.24 bits per heavy atom. The minimum Gasteiger partial charge on any atom is -0.492 e. The number of carbonyl (C=O) groups is 2. The highest BCUT2D eigenvalue weighted by molar-refractivity contribution is 7.16. The third kappa shape index (κ3) is 4.08. The third-order valence-electron chi connectivity index (χ3n) is 4.02. The average molecular weight is 360 g/mol. The lowest BCUT2D eigenvalue weighted by atomic mass is 10.2. The maximum Gasteiger partial charge on any atom is 0.251 e. The number of benzene rings is 1. The van der Waals surface area contributed by atoms with E-state index in [0.717, 1.165) is 31.1 Å². The number of rotatable bonds is 5. The SMILES string of the molecule is CNC(=O)c1ccc(NC(=O)Cc2sc(N3CCCC3)nc2O)cc1. The first-order valence-electron chi connectivity index (χ1n) is 8.12. The minimum atomic E-state index is -0.236. The van der Waals surface area contributed by atoms with Crippen LogP contribution in [0.4, 0.5) is 10.8 Å². The van der Waals surface area contributed by atoms with Crippen molar-refractivity contribution >= 4 is 34.0 Å². The van der Waals surface area contributed by atoms with Gasteiger partial charge in [0.1, 0.15) is 0 Å². The van der Waals surface area contributed by atoms with E-state index in [4.69, 9.17) is 0 Å². The van der Waals surface area contributed by atoms with E-state index in [2.05, 4.69) is 20.5 Å². The molecular weight excluding hydrogens is 340 g/mol. The van der Waals surface area contributed by atoms with Gasteiger partial charge in [-0.15, -0.1) is 0 Å². The van der Waals surface area contributed by atoms with E-state index in [1.807, 2.05) is 0 Å². The molecule has 1 saturated heterocycles. The summed E-state index contributed by atoms with van der Waals surface area (Å²) in [4.78, 5) is 30.6. The van der Waals surface area contributed by atoms with Crippen LogP contribution in [0.2, 0.25) is 0 Å². The number of nitrogens with one attached hydrogen (secondary N) is 2. The Morgan fingerprint density at radius 3 is 2.56 bits per heavy atom. The molecule has 132 valence electrons. The van der Waals surface area contributed by atoms with Gasteiger partial charge in [0.2, 0.25) is 11.8 Å². The molecule has 2 aromatic rings. The molecule has 0 bridgehead atoms. The molecule has 1 fully saturated rings. The standard InChI is InChI=1S/C17H20N4O3S/c1-18-15(23)11-4-6-12(7-5-11)19-14(22)10-13-16(24)20-17(25-13)21-8-2-3-9-21/h4-7,24H,2-3,8-10H2,1H3,(H,18,23)(H,19,22). The Labute approximate surface area is 149 Å². The van der Waals surface area contributed by atoms with Crippen LogP contribution in [0.1, 0.15) is 28.1 Å². The van der Waals surface area contributed by atoms with Crippen LogP contribution in [0.25, 0.3) is 0 Å². The van der Waals surface area contributed by atoms with E-state index in [1.165, 1.54) is 11.3 Å². The van der Waals surface area contributed by atoms with Gasteiger partial charge in [-0.2, -0.15) is 4.98 Å². The highest BCUT2D eigenvalue weighted by Crippen LogP contribution is 2.32. The first-order chi connectivity index (χ1) is 12.1. The first-order valence-corrected chi connectivity index (χ1v) is 8.94. The van der Waals surface area contributed by atoms with E-state index in [-0.39, 0.29) is 24.1 Å². The van der Waals surface area contributed by atoms with Crippen LogP contribution in [0, 0.1) is 0 Å². The van der Waals surface area contributed by atoms with Crippen LogP contribution in [-0.4, -0.2) is 42.0 Å². The zero-order chi connectivity index (χ0) is 17.8. The molecule has 0 radical (unpaired) electrons. The van der Waals surface area contributed by atoms with Crippen molar-refractivity contribution in [1.29, 1.82) is 0 Å². The molecule has 0 saturated carbocycles. The molecule has 2 amide bonds. The summed E-state index contributed by atoms with van der Waals surface area (Å²) in [6.45, 7) is 1.88. The van der Waals surface area contributed by atoms with Crippen molar-refractivity contribution in [2.45, 2.75) is 19.3 Å². The number of aromatic hydroxyl groups is 1. The molecule has 1 aromatic heterocycles. The summed E-state index contributed by atoms with van der Waals surface area (Å²) in [6, 6.07) is 6.63. The lowest BCUT2D eigenvalue weighted by Crippen LogP contribution is -2.18. The molecule has 0 atom stereocenters. The van der Waals surface area contributed by atoms with Gasteiger partial charge in [0, 0.05) is 31.4 Å². The molecule has 7 nitrogen and oxygen atoms in total. The quantitative estimate of drug-likeness (QED) is 0.758. The summed E-state index contributed by atoms with van der Waals surface area (Å²) >= 11 is 1.36.